The molecule has 1 atom stereocenters. The van der Waals surface area contributed by atoms with Gasteiger partial charge < -0.3 is 0 Å². The van der Waals surface area contributed by atoms with Crippen LogP contribution >= 0.6 is 6.19 Å². The van der Waals surface area contributed by atoms with Gasteiger partial charge >= 0.3 is 0 Å². The van der Waals surface area contributed by atoms with E-state index in [1.807, 2.05) is 6.07 Å². The first-order valence-electron chi connectivity index (χ1n) is 5.96. The summed E-state index contributed by atoms with van der Waals surface area (Å²) < 4.78 is 2.21. The lowest BCUT2D eigenvalue weighted by Gasteiger charge is -2.31. The third-order valence-corrected chi connectivity index (χ3v) is 8.59. The topological polar surface area (TPSA) is 3.24 Å². The van der Waals surface area contributed by atoms with Crippen molar-refractivity contribution in [2.24, 2.45) is 0 Å². The molecule has 18 heavy (non-hydrogen) atoms. The minimum Gasteiger partial charge on any atom is -0.274 e. The molecule has 0 amide bonds. The van der Waals surface area contributed by atoms with Crippen molar-refractivity contribution in [3.8, 4) is 0 Å². The van der Waals surface area contributed by atoms with E-state index in [1.165, 1.54) is 16.2 Å². The van der Waals surface area contributed by atoms with Gasteiger partial charge in [-0.15, -0.1) is 0 Å². The van der Waals surface area contributed by atoms with Crippen molar-refractivity contribution in [2.75, 3.05) is 14.1 Å². The van der Waals surface area contributed by atoms with Gasteiger partial charge in [0.2, 0.25) is 0 Å². The zero-order valence-corrected chi connectivity index (χ0v) is 12.7. The van der Waals surface area contributed by atoms with Crippen molar-refractivity contribution in [3.05, 3.63) is 60.2 Å². The highest BCUT2D eigenvalue weighted by Crippen LogP contribution is 2.46. The molecule has 3 heteroatoms. The second kappa shape index (κ2) is 5.36. The lowest BCUT2D eigenvalue weighted by Crippen LogP contribution is -2.28. The molecular weight excluding hydrogens is 257 g/mol. The van der Waals surface area contributed by atoms with Crippen molar-refractivity contribution in [1.29, 1.82) is 0 Å². The van der Waals surface area contributed by atoms with Gasteiger partial charge in [0.05, 0.1) is 6.19 Å². The number of nitrogens with zero attached hydrogens (tertiary/aromatic N) is 1. The molecule has 0 aliphatic carbocycles. The van der Waals surface area contributed by atoms with Crippen molar-refractivity contribution < 1.29 is 0 Å². The molecule has 0 saturated heterocycles. The summed E-state index contributed by atoms with van der Waals surface area (Å²) in [7, 11) is 4.17. The van der Waals surface area contributed by atoms with Gasteiger partial charge in [0, 0.05) is 10.6 Å². The number of rotatable bonds is 3. The first-order chi connectivity index (χ1) is 8.56. The van der Waals surface area contributed by atoms with Crippen LogP contribution in [0.5, 0.6) is 0 Å². The van der Waals surface area contributed by atoms with Crippen molar-refractivity contribution >= 4 is 28.6 Å². The maximum atomic E-state index is 6.08. The molecule has 2 aromatic carbocycles. The fourth-order valence-electron chi connectivity index (χ4n) is 2.12. The Labute approximate surface area is 115 Å². The van der Waals surface area contributed by atoms with Crippen LogP contribution in [0.15, 0.2) is 54.6 Å². The first kappa shape index (κ1) is 13.5. The summed E-state index contributed by atoms with van der Waals surface area (Å²) in [6.07, 6.45) is -1.87. The highest BCUT2D eigenvalue weighted by molar-refractivity contribution is 8.20. The van der Waals surface area contributed by atoms with Crippen LogP contribution in [0.4, 0.5) is 0 Å². The summed E-state index contributed by atoms with van der Waals surface area (Å²) >= 11 is 6.08. The Morgan fingerprint density at radius 2 is 1.44 bits per heavy atom. The van der Waals surface area contributed by atoms with Gasteiger partial charge in [0.15, 0.2) is 0 Å². The van der Waals surface area contributed by atoms with Crippen LogP contribution in [0.2, 0.25) is 0 Å². The Bertz CT molecular complexity index is 578. The van der Waals surface area contributed by atoms with E-state index in [9.17, 15) is 0 Å². The van der Waals surface area contributed by atoms with Crippen LogP contribution < -0.4 is 10.6 Å². The minimum absolute atomic E-state index is 1.25. The van der Waals surface area contributed by atoms with E-state index in [2.05, 4.69) is 74.2 Å². The molecule has 0 radical (unpaired) electrons. The van der Waals surface area contributed by atoms with Gasteiger partial charge in [-0.05, 0) is 26.6 Å². The predicted molar refractivity (Wildman–Crippen MR) is 84.9 cm³/mol. The maximum absolute atomic E-state index is 6.08. The predicted octanol–water partition coefficient (Wildman–Crippen LogP) is 2.90. The Balaban J connectivity index is 2.67. The lowest BCUT2D eigenvalue weighted by molar-refractivity contribution is 0.687. The molecule has 0 N–H and O–H groups in total. The molecule has 0 spiro atoms. The highest BCUT2D eigenvalue weighted by atomic mass is 32.4. The molecule has 0 aliphatic heterocycles. The van der Waals surface area contributed by atoms with Crippen LogP contribution in [0.1, 0.15) is 5.56 Å². The van der Waals surface area contributed by atoms with Gasteiger partial charge in [-0.3, -0.25) is 4.67 Å². The number of aryl methyl sites for hydroxylation is 1. The number of hydrogen-bond acceptors (Lipinski definition) is 1. The molecule has 0 aromatic heterocycles. The fraction of sp³-hybridized carbons (Fsp3) is 0.200. The van der Waals surface area contributed by atoms with Gasteiger partial charge in [-0.1, -0.05) is 66.4 Å². The molecule has 0 aliphatic rings. The van der Waals surface area contributed by atoms with Crippen molar-refractivity contribution in [2.45, 2.75) is 6.92 Å². The molecular formula is C15H18NPS. The third-order valence-electron chi connectivity index (χ3n) is 3.11. The molecule has 2 aromatic rings. The van der Waals surface area contributed by atoms with Crippen LogP contribution in [0.3, 0.4) is 0 Å². The summed E-state index contributed by atoms with van der Waals surface area (Å²) in [5.74, 6) is 0. The molecule has 1 nitrogen and oxygen atoms in total. The number of hydrogen-bond donors (Lipinski definition) is 0. The Hall–Kier alpha value is -0.950. The quantitative estimate of drug-likeness (QED) is 0.792. The van der Waals surface area contributed by atoms with E-state index in [1.54, 1.807) is 0 Å². The van der Waals surface area contributed by atoms with Crippen LogP contribution in [0.25, 0.3) is 0 Å². The summed E-state index contributed by atoms with van der Waals surface area (Å²) in [5.41, 5.74) is 1.28. The molecule has 94 valence electrons. The summed E-state index contributed by atoms with van der Waals surface area (Å²) in [6, 6.07) is 18.9. The van der Waals surface area contributed by atoms with E-state index in [4.69, 9.17) is 11.8 Å². The summed E-state index contributed by atoms with van der Waals surface area (Å²) in [4.78, 5) is 0. The highest BCUT2D eigenvalue weighted by Gasteiger charge is 2.25. The van der Waals surface area contributed by atoms with Gasteiger partial charge in [-0.25, -0.2) is 0 Å². The normalized spacial score (nSPS) is 14.4. The molecule has 2 rings (SSSR count). The van der Waals surface area contributed by atoms with E-state index in [0.717, 1.165) is 0 Å². The van der Waals surface area contributed by atoms with E-state index >= 15 is 0 Å². The van der Waals surface area contributed by atoms with E-state index < -0.39 is 6.19 Å². The fourth-order valence-corrected chi connectivity index (χ4v) is 5.69. The Morgan fingerprint density at radius 3 is 2.00 bits per heavy atom. The average Bonchev–Trinajstić information content (AvgIpc) is 2.39. The van der Waals surface area contributed by atoms with Gasteiger partial charge in [0.25, 0.3) is 0 Å². The maximum Gasteiger partial charge on any atom is 0.0707 e. The Morgan fingerprint density at radius 1 is 0.889 bits per heavy atom. The molecule has 0 saturated carbocycles. The standard InChI is InChI=1S/C15H18NPS/c1-13-9-7-8-12-15(13)17(18,16(2)3)14-10-5-4-6-11-14/h4-12H,1-3H3. The van der Waals surface area contributed by atoms with Crippen molar-refractivity contribution in [3.63, 3.8) is 0 Å². The Kier molecular flexibility index (Phi) is 4.01. The average molecular weight is 275 g/mol. The van der Waals surface area contributed by atoms with Crippen LogP contribution in [-0.4, -0.2) is 18.8 Å². The van der Waals surface area contributed by atoms with E-state index in [-0.39, 0.29) is 0 Å². The lowest BCUT2D eigenvalue weighted by atomic mass is 10.2. The summed E-state index contributed by atoms with van der Waals surface area (Å²) in [6.45, 7) is 2.14. The molecule has 0 bridgehead atoms. The molecule has 1 unspecified atom stereocenters. The van der Waals surface area contributed by atoms with Crippen LogP contribution in [-0.2, 0) is 11.8 Å². The molecule has 0 fully saturated rings. The SMILES string of the molecule is Cc1ccccc1P(=S)(c1ccccc1)N(C)C. The summed E-state index contributed by atoms with van der Waals surface area (Å²) in [5, 5.41) is 2.54. The minimum atomic E-state index is -1.87. The molecule has 0 heterocycles. The van der Waals surface area contributed by atoms with Crippen LogP contribution in [0, 0.1) is 6.92 Å². The van der Waals surface area contributed by atoms with E-state index in [0.29, 0.717) is 0 Å². The number of benzene rings is 2. The monoisotopic (exact) mass is 275 g/mol. The zero-order valence-electron chi connectivity index (χ0n) is 11.0. The smallest absolute Gasteiger partial charge is 0.0707 e. The first-order valence-corrected chi connectivity index (χ1v) is 8.72. The second-order valence-corrected chi connectivity index (χ2v) is 9.08. The largest absolute Gasteiger partial charge is 0.274 e. The van der Waals surface area contributed by atoms with Gasteiger partial charge in [0.1, 0.15) is 0 Å². The second-order valence-electron chi connectivity index (χ2n) is 4.55. The zero-order chi connectivity index (χ0) is 13.2. The van der Waals surface area contributed by atoms with Crippen molar-refractivity contribution in [1.82, 2.24) is 4.67 Å². The van der Waals surface area contributed by atoms with Gasteiger partial charge in [-0.2, -0.15) is 0 Å². The third kappa shape index (κ3) is 2.29.